The molecule has 58 heavy (non-hydrogen) atoms. The molecule has 334 valence electrons. The first kappa shape index (κ1) is 46.5. The van der Waals surface area contributed by atoms with E-state index in [1.165, 1.54) is 116 Å². The van der Waals surface area contributed by atoms with Crippen LogP contribution in [0, 0.1) is 16.2 Å². The second kappa shape index (κ2) is 20.9. The Morgan fingerprint density at radius 1 is 0.448 bits per heavy atom. The second-order valence-electron chi connectivity index (χ2n) is 21.2. The molecule has 3 heterocycles. The van der Waals surface area contributed by atoms with Crippen LogP contribution in [0.3, 0.4) is 0 Å². The van der Waals surface area contributed by atoms with E-state index in [4.69, 9.17) is 33.2 Å². The standard InChI is InChI=1S/C50H86O8/c1-6-21-44(36-52-37-44)24-15-9-12-18-27-55-47-30-48(56-28-19-13-10-16-25-45(22-7-2)38-53-39-45)32-49(31-47,35-50(33-47,34-48)58-43(51)42(4)5)57-29-20-14-11-17-26-46(23-8-3)40-54-41-46/h4,6-41H2,1-3,5H3. The first-order valence-corrected chi connectivity index (χ1v) is 24.5. The van der Waals surface area contributed by atoms with Crippen LogP contribution in [0.25, 0.3) is 0 Å². The lowest BCUT2D eigenvalue weighted by atomic mass is 9.48. The highest BCUT2D eigenvalue weighted by Gasteiger charge is 2.72. The number of carbonyl (C=O) groups excluding carboxylic acids is 1. The number of unbranched alkanes of at least 4 members (excludes halogenated alkanes) is 9. The van der Waals surface area contributed by atoms with Gasteiger partial charge in [0.25, 0.3) is 0 Å². The minimum Gasteiger partial charge on any atom is -0.455 e. The molecule has 3 saturated heterocycles. The van der Waals surface area contributed by atoms with Crippen molar-refractivity contribution in [3.8, 4) is 0 Å². The Kier molecular flexibility index (Phi) is 16.7. The van der Waals surface area contributed by atoms with Gasteiger partial charge in [-0.25, -0.2) is 4.79 Å². The van der Waals surface area contributed by atoms with Gasteiger partial charge in [0.15, 0.2) is 0 Å². The molecule has 0 aromatic carbocycles. The predicted octanol–water partition coefficient (Wildman–Crippen LogP) is 11.8. The lowest BCUT2D eigenvalue weighted by molar-refractivity contribution is -0.327. The fourth-order valence-corrected chi connectivity index (χ4v) is 12.9. The molecule has 0 N–H and O–H groups in total. The molecule has 0 atom stereocenters. The summed E-state index contributed by atoms with van der Waals surface area (Å²) in [6.07, 6.45) is 30.4. The van der Waals surface area contributed by atoms with E-state index >= 15 is 0 Å². The number of rotatable bonds is 32. The molecule has 0 unspecified atom stereocenters. The summed E-state index contributed by atoms with van der Waals surface area (Å²) in [5, 5.41) is 0. The summed E-state index contributed by atoms with van der Waals surface area (Å²) >= 11 is 0. The SMILES string of the molecule is C=C(C)C(=O)OC12CC3(OCCCCCCC4(CCC)COC4)CC(OCCCCCCC4(CCC)COC4)(CC(OCCCCCCC4(CCC)COC4)(C3)C1)C2. The summed E-state index contributed by atoms with van der Waals surface area (Å²) < 4.78 is 44.8. The number of ether oxygens (including phenoxy) is 7. The molecular formula is C50H86O8. The van der Waals surface area contributed by atoms with Gasteiger partial charge in [0.2, 0.25) is 0 Å². The van der Waals surface area contributed by atoms with Gasteiger partial charge < -0.3 is 33.2 Å². The molecule has 8 heteroatoms. The van der Waals surface area contributed by atoms with Gasteiger partial charge in [-0.2, -0.15) is 0 Å². The molecule has 0 aromatic rings. The maximum absolute atomic E-state index is 13.4. The largest absolute Gasteiger partial charge is 0.455 e. The normalized spacial score (nSPS) is 31.0. The predicted molar refractivity (Wildman–Crippen MR) is 231 cm³/mol. The monoisotopic (exact) mass is 815 g/mol. The Labute approximate surface area is 354 Å². The van der Waals surface area contributed by atoms with E-state index in [1.54, 1.807) is 6.92 Å². The molecule has 8 nitrogen and oxygen atoms in total. The summed E-state index contributed by atoms with van der Waals surface area (Å²) in [5.41, 5.74) is -0.161. The first-order chi connectivity index (χ1) is 28.0. The van der Waals surface area contributed by atoms with Crippen LogP contribution in [0.1, 0.15) is 201 Å². The fourth-order valence-electron chi connectivity index (χ4n) is 12.9. The number of hydrogen-bond donors (Lipinski definition) is 0. The number of hydrogen-bond acceptors (Lipinski definition) is 8. The van der Waals surface area contributed by atoms with Crippen LogP contribution in [0.15, 0.2) is 12.2 Å². The zero-order valence-corrected chi connectivity index (χ0v) is 37.9. The van der Waals surface area contributed by atoms with Crippen molar-refractivity contribution in [2.45, 2.75) is 223 Å². The van der Waals surface area contributed by atoms with Crippen molar-refractivity contribution in [1.29, 1.82) is 0 Å². The molecule has 7 fully saturated rings. The van der Waals surface area contributed by atoms with Gasteiger partial charge in [-0.15, -0.1) is 0 Å². The van der Waals surface area contributed by atoms with Crippen molar-refractivity contribution < 1.29 is 38.0 Å². The Bertz CT molecular complexity index is 1140. The number of carbonyl (C=O) groups is 1. The summed E-state index contributed by atoms with van der Waals surface area (Å²) in [4.78, 5) is 13.4. The van der Waals surface area contributed by atoms with Gasteiger partial charge in [0.05, 0.1) is 56.4 Å². The lowest BCUT2D eigenvalue weighted by Gasteiger charge is -2.68. The summed E-state index contributed by atoms with van der Waals surface area (Å²) in [7, 11) is 0. The fraction of sp³-hybridized carbons (Fsp3) is 0.940. The zero-order valence-electron chi connectivity index (χ0n) is 37.9. The van der Waals surface area contributed by atoms with Gasteiger partial charge in [-0.1, -0.05) is 104 Å². The quantitative estimate of drug-likeness (QED) is 0.0377. The van der Waals surface area contributed by atoms with Crippen LogP contribution in [0.5, 0.6) is 0 Å². The Morgan fingerprint density at radius 3 is 1.00 bits per heavy atom. The van der Waals surface area contributed by atoms with Crippen LogP contribution in [0.2, 0.25) is 0 Å². The van der Waals surface area contributed by atoms with Crippen molar-refractivity contribution >= 4 is 5.97 Å². The van der Waals surface area contributed by atoms with Gasteiger partial charge in [-0.05, 0) is 64.7 Å². The lowest BCUT2D eigenvalue weighted by Crippen LogP contribution is -2.74. The van der Waals surface area contributed by atoms with E-state index in [9.17, 15) is 4.79 Å². The van der Waals surface area contributed by atoms with E-state index in [0.29, 0.717) is 21.8 Å². The van der Waals surface area contributed by atoms with Crippen LogP contribution >= 0.6 is 0 Å². The van der Waals surface area contributed by atoms with E-state index in [-0.39, 0.29) is 5.97 Å². The molecule has 0 aromatic heterocycles. The Balaban J connectivity index is 1.06. The van der Waals surface area contributed by atoms with E-state index in [2.05, 4.69) is 27.4 Å². The number of esters is 1. The summed E-state index contributed by atoms with van der Waals surface area (Å²) in [6, 6.07) is 0. The Morgan fingerprint density at radius 2 is 0.741 bits per heavy atom. The zero-order chi connectivity index (χ0) is 41.1. The molecule has 4 bridgehead atoms. The van der Waals surface area contributed by atoms with Gasteiger partial charge in [0.1, 0.15) is 5.60 Å². The van der Waals surface area contributed by atoms with E-state index in [1.807, 2.05) is 0 Å². The molecule has 3 aliphatic heterocycles. The third kappa shape index (κ3) is 11.9. The van der Waals surface area contributed by atoms with Gasteiger partial charge >= 0.3 is 5.97 Å². The van der Waals surface area contributed by atoms with Crippen LogP contribution in [-0.4, -0.2) is 87.8 Å². The Hall–Kier alpha value is -1.03. The molecule has 0 spiro atoms. The molecule has 0 amide bonds. The van der Waals surface area contributed by atoms with Gasteiger partial charge in [-0.3, -0.25) is 0 Å². The van der Waals surface area contributed by atoms with E-state index in [0.717, 1.165) is 117 Å². The molecule has 4 aliphatic carbocycles. The first-order valence-electron chi connectivity index (χ1n) is 24.5. The highest BCUT2D eigenvalue weighted by atomic mass is 16.6. The smallest absolute Gasteiger partial charge is 0.333 e. The topological polar surface area (TPSA) is 81.7 Å². The molecule has 0 radical (unpaired) electrons. The van der Waals surface area contributed by atoms with Crippen LogP contribution in [-0.2, 0) is 38.0 Å². The third-order valence-electron chi connectivity index (χ3n) is 15.3. The van der Waals surface area contributed by atoms with Crippen molar-refractivity contribution in [3.63, 3.8) is 0 Å². The van der Waals surface area contributed by atoms with Crippen molar-refractivity contribution in [1.82, 2.24) is 0 Å². The van der Waals surface area contributed by atoms with E-state index < -0.39 is 22.4 Å². The molecule has 7 rings (SSSR count). The average Bonchev–Trinajstić information content (AvgIpc) is 3.12. The average molecular weight is 815 g/mol. The second-order valence-corrected chi connectivity index (χ2v) is 21.2. The summed E-state index contributed by atoms with van der Waals surface area (Å²) in [5.74, 6) is -0.296. The minimum atomic E-state index is -0.667. The minimum absolute atomic E-state index is 0.296. The van der Waals surface area contributed by atoms with Crippen molar-refractivity contribution in [2.24, 2.45) is 16.2 Å². The molecular weight excluding hydrogens is 729 g/mol. The maximum Gasteiger partial charge on any atom is 0.333 e. The van der Waals surface area contributed by atoms with Crippen molar-refractivity contribution in [3.05, 3.63) is 12.2 Å². The molecule has 4 saturated carbocycles. The molecule has 7 aliphatic rings. The maximum atomic E-state index is 13.4. The van der Waals surface area contributed by atoms with Gasteiger partial charge in [0, 0.05) is 80.2 Å². The van der Waals surface area contributed by atoms with Crippen molar-refractivity contribution in [2.75, 3.05) is 59.5 Å². The van der Waals surface area contributed by atoms with Crippen LogP contribution < -0.4 is 0 Å². The summed E-state index contributed by atoms with van der Waals surface area (Å²) in [6.45, 7) is 20.5. The highest BCUT2D eigenvalue weighted by Crippen LogP contribution is 2.65. The highest BCUT2D eigenvalue weighted by molar-refractivity contribution is 5.87. The third-order valence-corrected chi connectivity index (χ3v) is 15.3. The van der Waals surface area contributed by atoms with Crippen LogP contribution in [0.4, 0.5) is 0 Å².